The second-order valence-corrected chi connectivity index (χ2v) is 5.08. The van der Waals surface area contributed by atoms with Gasteiger partial charge in [-0.15, -0.1) is 0 Å². The molecule has 0 atom stereocenters. The Morgan fingerprint density at radius 2 is 2.16 bits per heavy atom. The Morgan fingerprint density at radius 1 is 1.47 bits per heavy atom. The van der Waals surface area contributed by atoms with Gasteiger partial charge in [-0.3, -0.25) is 9.59 Å². The van der Waals surface area contributed by atoms with Gasteiger partial charge >= 0.3 is 0 Å². The van der Waals surface area contributed by atoms with Gasteiger partial charge in [-0.05, 0) is 26.3 Å². The fourth-order valence-electron chi connectivity index (χ4n) is 2.41. The van der Waals surface area contributed by atoms with Crippen molar-refractivity contribution >= 4 is 5.91 Å². The van der Waals surface area contributed by atoms with Crippen LogP contribution in [0.4, 0.5) is 0 Å². The second-order valence-electron chi connectivity index (χ2n) is 5.08. The van der Waals surface area contributed by atoms with Crippen molar-refractivity contribution in [1.29, 1.82) is 0 Å². The largest absolute Gasteiger partial charge is 0.364 e. The Bertz CT molecular complexity index is 502. The lowest BCUT2D eigenvalue weighted by molar-refractivity contribution is 0.0911. The Balaban J connectivity index is 1.96. The fraction of sp³-hybridized carbons (Fsp3) is 0.571. The van der Waals surface area contributed by atoms with Crippen LogP contribution in [0.1, 0.15) is 35.8 Å². The average Bonchev–Trinajstić information content (AvgIpc) is 2.39. The van der Waals surface area contributed by atoms with Crippen LogP contribution in [0.3, 0.4) is 0 Å². The first-order valence-electron chi connectivity index (χ1n) is 6.82. The number of carbonyl (C=O) groups excluding carboxylic acids is 1. The van der Waals surface area contributed by atoms with E-state index in [1.807, 2.05) is 0 Å². The Morgan fingerprint density at radius 3 is 2.74 bits per heavy atom. The van der Waals surface area contributed by atoms with Crippen LogP contribution >= 0.6 is 0 Å². The lowest BCUT2D eigenvalue weighted by Gasteiger charge is -2.31. The molecular formula is C14H21N3O2. The molecule has 2 rings (SSSR count). The van der Waals surface area contributed by atoms with E-state index in [0.29, 0.717) is 0 Å². The predicted octanol–water partition coefficient (Wildman–Crippen LogP) is 0.897. The van der Waals surface area contributed by atoms with Gasteiger partial charge < -0.3 is 15.2 Å². The number of hydrogen-bond acceptors (Lipinski definition) is 3. The number of pyridine rings is 1. The maximum absolute atomic E-state index is 12.1. The van der Waals surface area contributed by atoms with Gasteiger partial charge in [0, 0.05) is 37.1 Å². The van der Waals surface area contributed by atoms with Crippen molar-refractivity contribution in [2.75, 3.05) is 19.6 Å². The van der Waals surface area contributed by atoms with Crippen molar-refractivity contribution in [1.82, 2.24) is 15.2 Å². The molecule has 0 unspecified atom stereocenters. The minimum Gasteiger partial charge on any atom is -0.364 e. The van der Waals surface area contributed by atoms with Crippen LogP contribution in [-0.4, -0.2) is 41.5 Å². The highest BCUT2D eigenvalue weighted by molar-refractivity contribution is 5.93. The molecule has 5 nitrogen and oxygen atoms in total. The van der Waals surface area contributed by atoms with Crippen molar-refractivity contribution in [2.24, 2.45) is 0 Å². The lowest BCUT2D eigenvalue weighted by atomic mass is 10.0. The van der Waals surface area contributed by atoms with E-state index >= 15 is 0 Å². The molecule has 2 N–H and O–H groups in total. The number of H-pyrrole nitrogens is 1. The maximum atomic E-state index is 12.1. The van der Waals surface area contributed by atoms with Gasteiger partial charge in [0.2, 0.25) is 0 Å². The van der Waals surface area contributed by atoms with Crippen molar-refractivity contribution in [3.8, 4) is 0 Å². The van der Waals surface area contributed by atoms with Gasteiger partial charge in [0.05, 0.1) is 0 Å². The number of amides is 1. The second kappa shape index (κ2) is 6.02. The molecule has 5 heteroatoms. The number of nitrogens with zero attached hydrogens (tertiary/aromatic N) is 1. The summed E-state index contributed by atoms with van der Waals surface area (Å²) in [5.41, 5.74) is 0.737. The average molecular weight is 263 g/mol. The first-order valence-corrected chi connectivity index (χ1v) is 6.82. The molecular weight excluding hydrogens is 242 g/mol. The molecule has 0 saturated carbocycles. The van der Waals surface area contributed by atoms with Crippen LogP contribution in [0, 0.1) is 6.92 Å². The molecule has 0 aliphatic carbocycles. The molecule has 0 bridgehead atoms. The number of hydrogen-bond donors (Lipinski definition) is 2. The highest BCUT2D eigenvalue weighted by Gasteiger charge is 2.21. The highest BCUT2D eigenvalue weighted by Crippen LogP contribution is 2.10. The summed E-state index contributed by atoms with van der Waals surface area (Å²) in [5, 5.41) is 2.95. The number of nitrogens with one attached hydrogen (secondary N) is 2. The van der Waals surface area contributed by atoms with Gasteiger partial charge in [0.1, 0.15) is 5.56 Å². The minimum atomic E-state index is -0.267. The zero-order valence-corrected chi connectivity index (χ0v) is 11.5. The van der Waals surface area contributed by atoms with Crippen LogP contribution in [-0.2, 0) is 0 Å². The number of aryl methyl sites for hydroxylation is 1. The zero-order chi connectivity index (χ0) is 13.8. The molecule has 0 aromatic carbocycles. The maximum Gasteiger partial charge on any atom is 0.256 e. The van der Waals surface area contributed by atoms with E-state index in [9.17, 15) is 9.59 Å². The predicted molar refractivity (Wildman–Crippen MR) is 74.4 cm³/mol. The summed E-state index contributed by atoms with van der Waals surface area (Å²) in [5.74, 6) is -0.267. The van der Waals surface area contributed by atoms with Gasteiger partial charge in [-0.2, -0.15) is 0 Å². The van der Waals surface area contributed by atoms with E-state index in [1.165, 1.54) is 12.3 Å². The number of rotatable bonds is 3. The Labute approximate surface area is 113 Å². The first kappa shape index (κ1) is 13.8. The van der Waals surface area contributed by atoms with Crippen molar-refractivity contribution in [3.05, 3.63) is 33.7 Å². The molecule has 1 aromatic heterocycles. The summed E-state index contributed by atoms with van der Waals surface area (Å²) in [4.78, 5) is 29.1. The summed E-state index contributed by atoms with van der Waals surface area (Å²) in [6, 6.07) is 1.63. The van der Waals surface area contributed by atoms with Crippen molar-refractivity contribution < 1.29 is 4.79 Å². The molecule has 1 amide bonds. The normalized spacial score (nSPS) is 17.4. The summed E-state index contributed by atoms with van der Waals surface area (Å²) >= 11 is 0. The third-order valence-corrected chi connectivity index (χ3v) is 3.67. The minimum absolute atomic E-state index is 0.177. The summed E-state index contributed by atoms with van der Waals surface area (Å²) in [6.45, 7) is 7.00. The van der Waals surface area contributed by atoms with Crippen LogP contribution in [0.15, 0.2) is 17.1 Å². The Kier molecular flexibility index (Phi) is 4.37. The van der Waals surface area contributed by atoms with Gasteiger partial charge in [0.25, 0.3) is 5.91 Å². The number of piperidine rings is 1. The topological polar surface area (TPSA) is 65.2 Å². The van der Waals surface area contributed by atoms with Crippen LogP contribution < -0.4 is 10.7 Å². The third kappa shape index (κ3) is 3.44. The Hall–Kier alpha value is -1.62. The SMILES string of the molecule is CCN1CCC(NC(=O)c2c[nH]c(C)cc2=O)CC1. The van der Waals surface area contributed by atoms with E-state index in [4.69, 9.17) is 0 Å². The monoisotopic (exact) mass is 263 g/mol. The van der Waals surface area contributed by atoms with Crippen molar-refractivity contribution in [2.45, 2.75) is 32.7 Å². The number of carbonyl (C=O) groups is 1. The molecule has 1 fully saturated rings. The molecule has 0 spiro atoms. The molecule has 19 heavy (non-hydrogen) atoms. The molecule has 1 aliphatic heterocycles. The summed E-state index contributed by atoms with van der Waals surface area (Å²) in [7, 11) is 0. The zero-order valence-electron chi connectivity index (χ0n) is 11.5. The van der Waals surface area contributed by atoms with E-state index in [0.717, 1.165) is 38.2 Å². The van der Waals surface area contributed by atoms with Crippen LogP contribution in [0.5, 0.6) is 0 Å². The van der Waals surface area contributed by atoms with Crippen LogP contribution in [0.25, 0.3) is 0 Å². The van der Waals surface area contributed by atoms with E-state index < -0.39 is 0 Å². The molecule has 1 aromatic rings. The highest BCUT2D eigenvalue weighted by atomic mass is 16.2. The van der Waals surface area contributed by atoms with Crippen molar-refractivity contribution in [3.63, 3.8) is 0 Å². The number of likely N-dealkylation sites (tertiary alicyclic amines) is 1. The quantitative estimate of drug-likeness (QED) is 0.851. The van der Waals surface area contributed by atoms with E-state index in [2.05, 4.69) is 22.1 Å². The van der Waals surface area contributed by atoms with E-state index in [-0.39, 0.29) is 22.9 Å². The summed E-state index contributed by atoms with van der Waals surface area (Å²) < 4.78 is 0. The molecule has 1 saturated heterocycles. The fourth-order valence-corrected chi connectivity index (χ4v) is 2.41. The molecule has 0 radical (unpaired) electrons. The van der Waals surface area contributed by atoms with Gasteiger partial charge in [-0.1, -0.05) is 6.92 Å². The number of aromatic amines is 1. The summed E-state index contributed by atoms with van der Waals surface area (Å²) in [6.07, 6.45) is 3.39. The van der Waals surface area contributed by atoms with E-state index in [1.54, 1.807) is 6.92 Å². The van der Waals surface area contributed by atoms with Crippen LogP contribution in [0.2, 0.25) is 0 Å². The van der Waals surface area contributed by atoms with Gasteiger partial charge in [0.15, 0.2) is 5.43 Å². The standard InChI is InChI=1S/C14H21N3O2/c1-3-17-6-4-11(5-7-17)16-14(19)12-9-15-10(2)8-13(12)18/h8-9,11H,3-7H2,1-2H3,(H,15,18)(H,16,19). The first-order chi connectivity index (χ1) is 9.10. The smallest absolute Gasteiger partial charge is 0.256 e. The molecule has 104 valence electrons. The van der Waals surface area contributed by atoms with Gasteiger partial charge in [-0.25, -0.2) is 0 Å². The molecule has 2 heterocycles. The number of aromatic nitrogens is 1. The molecule has 1 aliphatic rings. The lowest BCUT2D eigenvalue weighted by Crippen LogP contribution is -2.45. The third-order valence-electron chi connectivity index (χ3n) is 3.67.